The number of Topliss-reactive ketones (excluding diaryl/α,β-unsaturated/α-hetero) is 1. The number of halogens is 1. The number of ether oxygens (including phenoxy) is 3. The third-order valence-electron chi connectivity index (χ3n) is 6.20. The van der Waals surface area contributed by atoms with Gasteiger partial charge in [0, 0.05) is 6.07 Å². The zero-order valence-corrected chi connectivity index (χ0v) is 20.1. The fourth-order valence-electron chi connectivity index (χ4n) is 4.38. The van der Waals surface area contributed by atoms with E-state index >= 15 is 0 Å². The van der Waals surface area contributed by atoms with E-state index in [1.807, 2.05) is 0 Å². The number of rotatable bonds is 6. The number of imidazole rings is 1. The average Bonchev–Trinajstić information content (AvgIpc) is 3.45. The Labute approximate surface area is 210 Å². The molecule has 0 spiro atoms. The summed E-state index contributed by atoms with van der Waals surface area (Å²) in [6.45, 7) is 0. The lowest BCUT2D eigenvalue weighted by molar-refractivity contribution is -0.132. The number of nitrogens with one attached hydrogen (secondary N) is 1. The predicted molar refractivity (Wildman–Crippen MR) is 133 cm³/mol. The molecule has 2 heterocycles. The van der Waals surface area contributed by atoms with Crippen LogP contribution in [0.15, 0.2) is 66.2 Å². The molecule has 1 amide bonds. The van der Waals surface area contributed by atoms with Gasteiger partial charge in [0.05, 0.1) is 49.5 Å². The Morgan fingerprint density at radius 2 is 1.65 bits per heavy atom. The van der Waals surface area contributed by atoms with Crippen molar-refractivity contribution in [2.24, 2.45) is 0 Å². The highest BCUT2D eigenvalue weighted by Crippen LogP contribution is 2.43. The van der Waals surface area contributed by atoms with E-state index in [4.69, 9.17) is 14.2 Å². The normalized spacial score (nSPS) is 16.9. The number of fused-ring (bicyclic) bond motifs is 1. The summed E-state index contributed by atoms with van der Waals surface area (Å²) in [5, 5.41) is 11.3. The van der Waals surface area contributed by atoms with Gasteiger partial charge in [0.2, 0.25) is 5.95 Å². The lowest BCUT2D eigenvalue weighted by Crippen LogP contribution is -2.30. The van der Waals surface area contributed by atoms with E-state index in [1.54, 1.807) is 42.5 Å². The van der Waals surface area contributed by atoms with Crippen LogP contribution in [-0.4, -0.2) is 48.1 Å². The van der Waals surface area contributed by atoms with Crippen LogP contribution in [0.1, 0.15) is 17.2 Å². The van der Waals surface area contributed by atoms with Gasteiger partial charge < -0.3 is 24.3 Å². The molecular weight excluding hydrogens is 481 g/mol. The summed E-state index contributed by atoms with van der Waals surface area (Å²) in [7, 11) is 4.40. The summed E-state index contributed by atoms with van der Waals surface area (Å²) in [6, 6.07) is 14.3. The first kappa shape index (κ1) is 23.9. The number of nitrogens with zero attached hydrogens (tertiary/aromatic N) is 2. The summed E-state index contributed by atoms with van der Waals surface area (Å²) in [5.41, 5.74) is 1.31. The van der Waals surface area contributed by atoms with Crippen molar-refractivity contribution in [3.63, 3.8) is 0 Å². The molecular formula is C27H22FN3O6. The molecule has 0 bridgehead atoms. The molecule has 188 valence electrons. The van der Waals surface area contributed by atoms with Gasteiger partial charge in [-0.15, -0.1) is 0 Å². The molecule has 1 atom stereocenters. The van der Waals surface area contributed by atoms with Gasteiger partial charge in [-0.25, -0.2) is 9.37 Å². The summed E-state index contributed by atoms with van der Waals surface area (Å²) >= 11 is 0. The molecule has 10 heteroatoms. The molecule has 0 aliphatic carbocycles. The third kappa shape index (κ3) is 4.02. The average molecular weight is 503 g/mol. The zero-order valence-electron chi connectivity index (χ0n) is 20.1. The quantitative estimate of drug-likeness (QED) is 0.228. The second-order valence-corrected chi connectivity index (χ2v) is 8.23. The van der Waals surface area contributed by atoms with Gasteiger partial charge in [0.25, 0.3) is 5.78 Å². The number of carbonyl (C=O) groups is 2. The molecule has 5 rings (SSSR count). The molecule has 2 N–H and O–H groups in total. The molecule has 1 aromatic heterocycles. The largest absolute Gasteiger partial charge is 0.507 e. The highest BCUT2D eigenvalue weighted by Gasteiger charge is 2.48. The number of methoxy groups -OCH3 is 3. The van der Waals surface area contributed by atoms with Crippen LogP contribution >= 0.6 is 0 Å². The van der Waals surface area contributed by atoms with Gasteiger partial charge >= 0.3 is 5.91 Å². The maximum absolute atomic E-state index is 14.1. The van der Waals surface area contributed by atoms with Crippen molar-refractivity contribution in [1.29, 1.82) is 0 Å². The van der Waals surface area contributed by atoms with Gasteiger partial charge in [0.1, 0.15) is 28.8 Å². The minimum Gasteiger partial charge on any atom is -0.507 e. The van der Waals surface area contributed by atoms with Crippen molar-refractivity contribution < 1.29 is 33.3 Å². The maximum atomic E-state index is 14.1. The van der Waals surface area contributed by atoms with Crippen molar-refractivity contribution in [3.05, 3.63) is 83.2 Å². The van der Waals surface area contributed by atoms with Gasteiger partial charge in [-0.05, 0) is 48.0 Å². The van der Waals surface area contributed by atoms with Gasteiger partial charge in [-0.3, -0.25) is 14.5 Å². The number of aliphatic hydroxyl groups is 1. The lowest BCUT2D eigenvalue weighted by atomic mass is 9.95. The Morgan fingerprint density at radius 3 is 2.32 bits per heavy atom. The van der Waals surface area contributed by atoms with E-state index in [-0.39, 0.29) is 22.8 Å². The first-order valence-corrected chi connectivity index (χ1v) is 11.2. The highest BCUT2D eigenvalue weighted by atomic mass is 19.1. The number of aromatic nitrogens is 2. The second kappa shape index (κ2) is 9.30. The van der Waals surface area contributed by atoms with Crippen LogP contribution in [0.5, 0.6) is 17.2 Å². The number of aromatic amines is 1. The van der Waals surface area contributed by atoms with Crippen molar-refractivity contribution in [1.82, 2.24) is 9.97 Å². The number of H-pyrrole nitrogens is 1. The van der Waals surface area contributed by atoms with E-state index in [1.165, 1.54) is 32.3 Å². The van der Waals surface area contributed by atoms with Gasteiger partial charge in [-0.2, -0.15) is 0 Å². The molecule has 1 aliphatic heterocycles. The Balaban J connectivity index is 1.74. The van der Waals surface area contributed by atoms with Crippen molar-refractivity contribution in [2.45, 2.75) is 6.04 Å². The number of anilines is 1. The molecule has 1 aliphatic rings. The third-order valence-corrected chi connectivity index (χ3v) is 6.20. The molecule has 3 aromatic carbocycles. The van der Waals surface area contributed by atoms with Crippen LogP contribution in [0, 0.1) is 5.82 Å². The fourth-order valence-corrected chi connectivity index (χ4v) is 4.38. The van der Waals surface area contributed by atoms with E-state index in [0.29, 0.717) is 28.1 Å². The van der Waals surface area contributed by atoms with Crippen LogP contribution in [0.2, 0.25) is 0 Å². The smallest absolute Gasteiger partial charge is 0.302 e. The van der Waals surface area contributed by atoms with Crippen LogP contribution in [0.3, 0.4) is 0 Å². The second-order valence-electron chi connectivity index (χ2n) is 8.23. The Kier molecular flexibility index (Phi) is 6.00. The van der Waals surface area contributed by atoms with Crippen LogP contribution in [-0.2, 0) is 9.59 Å². The minimum absolute atomic E-state index is 0.0617. The standard InChI is InChI=1S/C27H22FN3O6/c1-35-16-7-4-14(5-8-16)23-22(24(32)18-12-15(28)6-11-21(18)37-3)25(33)26(34)31(23)27-29-19-10-9-17(36-2)13-20(19)30-27/h4-13,23,32H,1-3H3,(H,29,30)/b24-22+. The molecule has 0 radical (unpaired) electrons. The number of carbonyl (C=O) groups excluding carboxylic acids is 2. The highest BCUT2D eigenvalue weighted by molar-refractivity contribution is 6.51. The predicted octanol–water partition coefficient (Wildman–Crippen LogP) is 4.35. The summed E-state index contributed by atoms with van der Waals surface area (Å²) < 4.78 is 29.9. The number of benzene rings is 3. The van der Waals surface area contributed by atoms with Crippen molar-refractivity contribution in [3.8, 4) is 17.2 Å². The Hall–Kier alpha value is -4.86. The SMILES string of the molecule is COc1ccc(C2/C(=C(\O)c3cc(F)ccc3OC)C(=O)C(=O)N2c2nc3ccc(OC)cc3[nH]2)cc1. The molecule has 0 saturated carbocycles. The molecule has 1 unspecified atom stereocenters. The summed E-state index contributed by atoms with van der Waals surface area (Å²) in [4.78, 5) is 35.5. The van der Waals surface area contributed by atoms with Crippen molar-refractivity contribution in [2.75, 3.05) is 26.2 Å². The Morgan fingerprint density at radius 1 is 0.946 bits per heavy atom. The zero-order chi connectivity index (χ0) is 26.3. The monoisotopic (exact) mass is 503 g/mol. The van der Waals surface area contributed by atoms with Crippen LogP contribution in [0.25, 0.3) is 16.8 Å². The van der Waals surface area contributed by atoms with E-state index < -0.39 is 29.3 Å². The first-order chi connectivity index (χ1) is 17.9. The maximum Gasteiger partial charge on any atom is 0.302 e. The van der Waals surface area contributed by atoms with E-state index in [0.717, 1.165) is 12.1 Å². The summed E-state index contributed by atoms with van der Waals surface area (Å²) in [6.07, 6.45) is 0. The van der Waals surface area contributed by atoms with Crippen LogP contribution in [0.4, 0.5) is 10.3 Å². The minimum atomic E-state index is -1.08. The van der Waals surface area contributed by atoms with E-state index in [9.17, 15) is 19.1 Å². The summed E-state index contributed by atoms with van der Waals surface area (Å²) in [5.74, 6) is -1.73. The fraction of sp³-hybridized carbons (Fsp3) is 0.148. The van der Waals surface area contributed by atoms with E-state index in [2.05, 4.69) is 9.97 Å². The van der Waals surface area contributed by atoms with Crippen LogP contribution < -0.4 is 19.1 Å². The first-order valence-electron chi connectivity index (χ1n) is 11.2. The molecule has 1 saturated heterocycles. The number of hydrogen-bond acceptors (Lipinski definition) is 7. The number of hydrogen-bond donors (Lipinski definition) is 2. The molecule has 37 heavy (non-hydrogen) atoms. The van der Waals surface area contributed by atoms with Gasteiger partial charge in [0.15, 0.2) is 0 Å². The Bertz CT molecular complexity index is 1560. The molecule has 9 nitrogen and oxygen atoms in total. The van der Waals surface area contributed by atoms with Crippen molar-refractivity contribution >= 4 is 34.4 Å². The topological polar surface area (TPSA) is 114 Å². The lowest BCUT2D eigenvalue weighted by Gasteiger charge is -2.23. The molecule has 1 fully saturated rings. The number of ketones is 1. The van der Waals surface area contributed by atoms with Gasteiger partial charge in [-0.1, -0.05) is 12.1 Å². The number of amides is 1. The number of aliphatic hydroxyl groups excluding tert-OH is 1. The molecule has 4 aromatic rings.